The molecule has 0 heterocycles. The molecule has 2 rings (SSSR count). The molecule has 0 aliphatic heterocycles. The predicted octanol–water partition coefficient (Wildman–Crippen LogP) is 3.29. The normalized spacial score (nSPS) is 12.1. The first kappa shape index (κ1) is 24.3. The Hall–Kier alpha value is -1.78. The van der Waals surface area contributed by atoms with Gasteiger partial charge in [-0.1, -0.05) is 23.7 Å². The lowest BCUT2D eigenvalue weighted by Gasteiger charge is -2.11. The number of hydrogen-bond acceptors (Lipinski definition) is 4. The zero-order valence-electron chi connectivity index (χ0n) is 15.6. The minimum atomic E-state index is -0.969. The quantitative estimate of drug-likeness (QED) is 0.281. The second-order valence-electron chi connectivity index (χ2n) is 5.78. The van der Waals surface area contributed by atoms with Crippen LogP contribution in [0.1, 0.15) is 17.2 Å². The molecule has 9 heteroatoms. The third-order valence-corrected chi connectivity index (χ3v) is 4.24. The molecule has 2 aromatic carbocycles. The minimum absolute atomic E-state index is 0. The van der Waals surface area contributed by atoms with Gasteiger partial charge in [0.05, 0.1) is 31.9 Å². The highest BCUT2D eigenvalue weighted by Gasteiger charge is 2.10. The smallest absolute Gasteiger partial charge is 0.188 e. The van der Waals surface area contributed by atoms with Crippen molar-refractivity contribution in [2.24, 2.45) is 10.7 Å². The van der Waals surface area contributed by atoms with Crippen LogP contribution in [-0.4, -0.2) is 38.4 Å². The monoisotopic (exact) mass is 523 g/mol. The number of ether oxygens (including phenoxy) is 2. The number of aliphatic imine (C=N–C) groups is 1. The number of aliphatic hydroxyl groups is 1. The van der Waals surface area contributed by atoms with Crippen LogP contribution in [0.3, 0.4) is 0 Å². The molecule has 0 spiro atoms. The van der Waals surface area contributed by atoms with Crippen LogP contribution < -0.4 is 20.5 Å². The van der Waals surface area contributed by atoms with Crippen LogP contribution in [0.2, 0.25) is 5.02 Å². The number of nitrogens with one attached hydrogen (secondary N) is 1. The van der Waals surface area contributed by atoms with Crippen molar-refractivity contribution in [3.63, 3.8) is 0 Å². The first-order chi connectivity index (χ1) is 12.9. The molecule has 154 valence electrons. The Morgan fingerprint density at radius 1 is 1.21 bits per heavy atom. The van der Waals surface area contributed by atoms with E-state index in [4.69, 9.17) is 26.8 Å². The molecule has 0 saturated heterocycles. The lowest BCUT2D eigenvalue weighted by molar-refractivity contribution is 0.186. The Labute approximate surface area is 185 Å². The summed E-state index contributed by atoms with van der Waals surface area (Å²) in [4.78, 5) is 4.08. The van der Waals surface area contributed by atoms with Crippen molar-refractivity contribution in [1.29, 1.82) is 0 Å². The molecule has 1 unspecified atom stereocenters. The van der Waals surface area contributed by atoms with E-state index < -0.39 is 11.9 Å². The molecule has 0 radical (unpaired) electrons. The highest BCUT2D eigenvalue weighted by molar-refractivity contribution is 14.0. The van der Waals surface area contributed by atoms with Crippen LogP contribution in [0.5, 0.6) is 11.5 Å². The van der Waals surface area contributed by atoms with Crippen LogP contribution in [0.15, 0.2) is 41.4 Å². The van der Waals surface area contributed by atoms with Crippen molar-refractivity contribution < 1.29 is 19.0 Å². The third-order valence-electron chi connectivity index (χ3n) is 3.93. The molecular weight excluding hydrogens is 500 g/mol. The molecule has 0 amide bonds. The fourth-order valence-electron chi connectivity index (χ4n) is 2.44. The third kappa shape index (κ3) is 6.99. The van der Waals surface area contributed by atoms with Gasteiger partial charge < -0.3 is 25.6 Å². The van der Waals surface area contributed by atoms with Gasteiger partial charge in [0.1, 0.15) is 5.82 Å². The van der Waals surface area contributed by atoms with Gasteiger partial charge in [0.2, 0.25) is 0 Å². The minimum Gasteiger partial charge on any atom is -0.493 e. The van der Waals surface area contributed by atoms with Crippen LogP contribution in [0, 0.1) is 5.82 Å². The van der Waals surface area contributed by atoms with E-state index in [-0.39, 0.29) is 41.5 Å². The number of nitrogens with two attached hydrogens (primary N) is 1. The van der Waals surface area contributed by atoms with Crippen LogP contribution in [0.25, 0.3) is 0 Å². The zero-order valence-corrected chi connectivity index (χ0v) is 18.7. The van der Waals surface area contributed by atoms with Gasteiger partial charge in [0, 0.05) is 6.54 Å². The number of benzene rings is 2. The van der Waals surface area contributed by atoms with E-state index in [1.807, 2.05) is 18.2 Å². The van der Waals surface area contributed by atoms with Crippen molar-refractivity contribution in [2.75, 3.05) is 27.3 Å². The highest BCUT2D eigenvalue weighted by atomic mass is 127. The molecule has 2 aromatic rings. The second-order valence-corrected chi connectivity index (χ2v) is 6.19. The summed E-state index contributed by atoms with van der Waals surface area (Å²) in [6, 6.07) is 9.80. The van der Waals surface area contributed by atoms with E-state index in [0.29, 0.717) is 30.0 Å². The molecular formula is C19H24ClFIN3O3. The Balaban J connectivity index is 0.00000392. The van der Waals surface area contributed by atoms with Gasteiger partial charge in [-0.05, 0) is 41.8 Å². The lowest BCUT2D eigenvalue weighted by atomic mass is 10.1. The van der Waals surface area contributed by atoms with E-state index in [2.05, 4.69) is 10.3 Å². The summed E-state index contributed by atoms with van der Waals surface area (Å²) in [5.74, 6) is 0.944. The van der Waals surface area contributed by atoms with Crippen molar-refractivity contribution in [1.82, 2.24) is 5.32 Å². The highest BCUT2D eigenvalue weighted by Crippen LogP contribution is 2.27. The number of hydrogen-bond donors (Lipinski definition) is 3. The molecule has 6 nitrogen and oxygen atoms in total. The Kier molecular flexibility index (Phi) is 10.3. The van der Waals surface area contributed by atoms with E-state index in [1.165, 1.54) is 12.1 Å². The van der Waals surface area contributed by atoms with Crippen molar-refractivity contribution in [3.8, 4) is 11.5 Å². The molecule has 0 bridgehead atoms. The van der Waals surface area contributed by atoms with Gasteiger partial charge in [-0.2, -0.15) is 0 Å². The molecule has 0 aliphatic rings. The lowest BCUT2D eigenvalue weighted by Crippen LogP contribution is -2.33. The fourth-order valence-corrected chi connectivity index (χ4v) is 2.55. The van der Waals surface area contributed by atoms with Crippen LogP contribution in [-0.2, 0) is 6.42 Å². The van der Waals surface area contributed by atoms with E-state index in [9.17, 15) is 9.50 Å². The van der Waals surface area contributed by atoms with E-state index in [1.54, 1.807) is 20.3 Å². The number of aliphatic hydroxyl groups excluding tert-OH is 1. The summed E-state index contributed by atoms with van der Waals surface area (Å²) >= 11 is 5.63. The standard InChI is InChI=1S/C19H23ClFN3O3.HI/c1-26-17-6-3-12(9-18(17)27-2)7-8-23-19(22)24-11-16(25)13-4-5-14(20)15(21)10-13;/h3-6,9-10,16,25H,7-8,11H2,1-2H3,(H3,22,23,24);1H. The maximum absolute atomic E-state index is 13.4. The maximum Gasteiger partial charge on any atom is 0.188 e. The molecule has 4 N–H and O–H groups in total. The van der Waals surface area contributed by atoms with Gasteiger partial charge in [0.25, 0.3) is 0 Å². The molecule has 1 atom stereocenters. The van der Waals surface area contributed by atoms with Crippen molar-refractivity contribution in [2.45, 2.75) is 12.5 Å². The number of nitrogens with zero attached hydrogens (tertiary/aromatic N) is 1. The van der Waals surface area contributed by atoms with Crippen LogP contribution >= 0.6 is 35.6 Å². The summed E-state index contributed by atoms with van der Waals surface area (Å²) < 4.78 is 23.9. The summed E-state index contributed by atoms with van der Waals surface area (Å²) in [6.45, 7) is 0.562. The summed E-state index contributed by atoms with van der Waals surface area (Å²) in [5, 5.41) is 13.0. The summed E-state index contributed by atoms with van der Waals surface area (Å²) in [6.07, 6.45) is -0.274. The number of guanidine groups is 1. The zero-order chi connectivity index (χ0) is 19.8. The van der Waals surface area contributed by atoms with Gasteiger partial charge in [0.15, 0.2) is 17.5 Å². The number of rotatable bonds is 8. The van der Waals surface area contributed by atoms with E-state index in [0.717, 1.165) is 5.56 Å². The van der Waals surface area contributed by atoms with Crippen molar-refractivity contribution >= 4 is 41.5 Å². The predicted molar refractivity (Wildman–Crippen MR) is 120 cm³/mol. The first-order valence-electron chi connectivity index (χ1n) is 8.32. The Bertz CT molecular complexity index is 808. The fraction of sp³-hybridized carbons (Fsp3) is 0.316. The molecule has 28 heavy (non-hydrogen) atoms. The average Bonchev–Trinajstić information content (AvgIpc) is 2.68. The van der Waals surface area contributed by atoms with Gasteiger partial charge >= 0.3 is 0 Å². The Morgan fingerprint density at radius 2 is 1.93 bits per heavy atom. The first-order valence-corrected chi connectivity index (χ1v) is 8.70. The average molecular weight is 524 g/mol. The van der Waals surface area contributed by atoms with Crippen LogP contribution in [0.4, 0.5) is 4.39 Å². The van der Waals surface area contributed by atoms with Gasteiger partial charge in [-0.15, -0.1) is 24.0 Å². The van der Waals surface area contributed by atoms with Gasteiger partial charge in [-0.25, -0.2) is 4.39 Å². The maximum atomic E-state index is 13.4. The Morgan fingerprint density at radius 3 is 2.57 bits per heavy atom. The molecule has 0 aromatic heterocycles. The topological polar surface area (TPSA) is 89.1 Å². The van der Waals surface area contributed by atoms with Gasteiger partial charge in [-0.3, -0.25) is 4.99 Å². The largest absolute Gasteiger partial charge is 0.493 e. The second kappa shape index (κ2) is 11.9. The number of methoxy groups -OCH3 is 2. The number of halogens is 3. The SMILES string of the molecule is COc1ccc(CCNC(N)=NCC(O)c2ccc(Cl)c(F)c2)cc1OC.I. The summed E-state index contributed by atoms with van der Waals surface area (Å²) in [5.41, 5.74) is 7.24. The molecule has 0 fully saturated rings. The molecule has 0 saturated carbocycles. The molecule has 0 aliphatic carbocycles. The summed E-state index contributed by atoms with van der Waals surface area (Å²) in [7, 11) is 3.17. The van der Waals surface area contributed by atoms with E-state index >= 15 is 0 Å². The van der Waals surface area contributed by atoms with Crippen molar-refractivity contribution in [3.05, 3.63) is 58.4 Å².